The van der Waals surface area contributed by atoms with Gasteiger partial charge in [0.15, 0.2) is 0 Å². The first-order chi connectivity index (χ1) is 6.51. The molecule has 0 fully saturated rings. The van der Waals surface area contributed by atoms with Crippen molar-refractivity contribution in [1.29, 1.82) is 0 Å². The molecule has 1 aromatic rings. The number of hydrogen-bond acceptors (Lipinski definition) is 0. The largest absolute Gasteiger partial charge is 0.0955 e. The van der Waals surface area contributed by atoms with E-state index in [-0.39, 0.29) is 18.6 Å². The summed E-state index contributed by atoms with van der Waals surface area (Å²) in [5.41, 5.74) is 5.00. The minimum Gasteiger partial charge on any atom is -0.0955 e. The predicted octanol–water partition coefficient (Wildman–Crippen LogP) is 4.75. The zero-order valence-corrected chi connectivity index (χ0v) is 12.0. The van der Waals surface area contributed by atoms with Gasteiger partial charge in [-0.15, -0.1) is 0 Å². The average Bonchev–Trinajstić information content (AvgIpc) is 2.03. The van der Waals surface area contributed by atoms with E-state index in [2.05, 4.69) is 52.5 Å². The van der Waals surface area contributed by atoms with Crippen molar-refractivity contribution in [3.63, 3.8) is 0 Å². The molecule has 1 radical (unpaired) electrons. The van der Waals surface area contributed by atoms with E-state index < -0.39 is 0 Å². The van der Waals surface area contributed by atoms with Crippen LogP contribution in [0.4, 0.5) is 0 Å². The molecular formula is C14H22V. The van der Waals surface area contributed by atoms with Crippen molar-refractivity contribution in [2.45, 2.75) is 41.0 Å². The molecule has 0 saturated heterocycles. The summed E-state index contributed by atoms with van der Waals surface area (Å²) in [6, 6.07) is 6.50. The van der Waals surface area contributed by atoms with Crippen molar-refractivity contribution in [3.05, 3.63) is 41.5 Å². The van der Waals surface area contributed by atoms with Crippen LogP contribution in [0.1, 0.15) is 43.9 Å². The van der Waals surface area contributed by atoms with E-state index in [1.165, 1.54) is 23.1 Å². The molecule has 0 N–H and O–H groups in total. The maximum absolute atomic E-state index is 3.91. The summed E-state index contributed by atoms with van der Waals surface area (Å²) < 4.78 is 0. The van der Waals surface area contributed by atoms with Crippen LogP contribution in [0.5, 0.6) is 0 Å². The van der Waals surface area contributed by atoms with Crippen LogP contribution in [0.2, 0.25) is 0 Å². The van der Waals surface area contributed by atoms with Crippen LogP contribution < -0.4 is 0 Å². The summed E-state index contributed by atoms with van der Waals surface area (Å²) in [6.07, 6.45) is 1.25. The fourth-order valence-electron chi connectivity index (χ4n) is 1.22. The molecule has 0 aromatic heterocycles. The maximum atomic E-state index is 3.91. The monoisotopic (exact) mass is 241 g/mol. The molecule has 0 aliphatic rings. The molecule has 15 heavy (non-hydrogen) atoms. The molecular weight excluding hydrogens is 219 g/mol. The minimum atomic E-state index is 0. The Morgan fingerprint density at radius 1 is 1.07 bits per heavy atom. The molecule has 0 unspecified atom stereocenters. The van der Waals surface area contributed by atoms with Crippen molar-refractivity contribution in [1.82, 2.24) is 0 Å². The Kier molecular flexibility index (Phi) is 9.97. The van der Waals surface area contributed by atoms with E-state index in [0.29, 0.717) is 0 Å². The molecule has 0 aliphatic carbocycles. The molecule has 0 atom stereocenters. The molecule has 0 aliphatic heterocycles. The molecule has 0 amide bonds. The Hall–Kier alpha value is -0.456. The Morgan fingerprint density at radius 2 is 1.40 bits per heavy atom. The van der Waals surface area contributed by atoms with Crippen LogP contribution in [0, 0.1) is 13.8 Å². The third-order valence-corrected chi connectivity index (χ3v) is 1.71. The van der Waals surface area contributed by atoms with Gasteiger partial charge in [-0.3, -0.25) is 0 Å². The van der Waals surface area contributed by atoms with Crippen molar-refractivity contribution in [2.75, 3.05) is 0 Å². The van der Waals surface area contributed by atoms with Crippen molar-refractivity contribution >= 4 is 5.57 Å². The first kappa shape index (κ1) is 17.0. The third kappa shape index (κ3) is 7.47. The van der Waals surface area contributed by atoms with Crippen LogP contribution in [0.25, 0.3) is 5.57 Å². The smallest absolute Gasteiger partial charge is 0 e. The van der Waals surface area contributed by atoms with Crippen LogP contribution in [-0.2, 0) is 18.6 Å². The summed E-state index contributed by atoms with van der Waals surface area (Å²) in [6.45, 7) is 14.4. The average molecular weight is 241 g/mol. The second kappa shape index (κ2) is 8.82. The van der Waals surface area contributed by atoms with E-state index in [1.807, 2.05) is 6.92 Å². The van der Waals surface area contributed by atoms with E-state index in [0.717, 1.165) is 5.57 Å². The van der Waals surface area contributed by atoms with Crippen LogP contribution in [-0.4, -0.2) is 0 Å². The van der Waals surface area contributed by atoms with Gasteiger partial charge in [0.25, 0.3) is 0 Å². The van der Waals surface area contributed by atoms with Crippen LogP contribution in [0.15, 0.2) is 24.8 Å². The van der Waals surface area contributed by atoms with E-state index in [9.17, 15) is 0 Å². The first-order valence-corrected chi connectivity index (χ1v) is 5.25. The topological polar surface area (TPSA) is 0 Å². The second-order valence-electron chi connectivity index (χ2n) is 3.86. The molecule has 0 saturated carbocycles. The van der Waals surface area contributed by atoms with Gasteiger partial charge in [0.1, 0.15) is 0 Å². The Bertz CT molecular complexity index is 280. The number of benzene rings is 1. The van der Waals surface area contributed by atoms with E-state index in [1.54, 1.807) is 0 Å². The zero-order chi connectivity index (χ0) is 11.1. The van der Waals surface area contributed by atoms with Crippen molar-refractivity contribution in [2.24, 2.45) is 0 Å². The van der Waals surface area contributed by atoms with E-state index in [4.69, 9.17) is 0 Å². The normalized spacial score (nSPS) is 8.33. The maximum Gasteiger partial charge on any atom is 0 e. The summed E-state index contributed by atoms with van der Waals surface area (Å²) in [7, 11) is 0. The molecule has 0 nitrogen and oxygen atoms in total. The fourth-order valence-corrected chi connectivity index (χ4v) is 1.22. The van der Waals surface area contributed by atoms with Gasteiger partial charge in [0.2, 0.25) is 0 Å². The second-order valence-corrected chi connectivity index (χ2v) is 3.86. The SMILES string of the molecule is C=C(C)c1cc(C)cc(C)c1.CCC.[V]. The molecule has 1 rings (SSSR count). The van der Waals surface area contributed by atoms with Gasteiger partial charge < -0.3 is 0 Å². The first-order valence-electron chi connectivity index (χ1n) is 5.25. The molecule has 0 heterocycles. The zero-order valence-electron chi connectivity index (χ0n) is 10.6. The van der Waals surface area contributed by atoms with Crippen LogP contribution >= 0.6 is 0 Å². The molecule has 1 heteroatoms. The predicted molar refractivity (Wildman–Crippen MR) is 66.6 cm³/mol. The van der Waals surface area contributed by atoms with Gasteiger partial charge in [-0.25, -0.2) is 0 Å². The molecule has 83 valence electrons. The summed E-state index contributed by atoms with van der Waals surface area (Å²) in [5, 5.41) is 0. The Labute approximate surface area is 107 Å². The number of hydrogen-bond donors (Lipinski definition) is 0. The quantitative estimate of drug-likeness (QED) is 0.665. The summed E-state index contributed by atoms with van der Waals surface area (Å²) in [4.78, 5) is 0. The molecule has 0 bridgehead atoms. The summed E-state index contributed by atoms with van der Waals surface area (Å²) in [5.74, 6) is 0. The van der Waals surface area contributed by atoms with Gasteiger partial charge >= 0.3 is 0 Å². The van der Waals surface area contributed by atoms with E-state index >= 15 is 0 Å². The van der Waals surface area contributed by atoms with Crippen molar-refractivity contribution in [3.8, 4) is 0 Å². The fraction of sp³-hybridized carbons (Fsp3) is 0.429. The third-order valence-electron chi connectivity index (χ3n) is 1.71. The summed E-state index contributed by atoms with van der Waals surface area (Å²) >= 11 is 0. The molecule has 1 aromatic carbocycles. The molecule has 0 spiro atoms. The minimum absolute atomic E-state index is 0. The Morgan fingerprint density at radius 3 is 1.67 bits per heavy atom. The van der Waals surface area contributed by atoms with Gasteiger partial charge in [-0.2, -0.15) is 0 Å². The van der Waals surface area contributed by atoms with Gasteiger partial charge in [-0.1, -0.05) is 61.7 Å². The van der Waals surface area contributed by atoms with Crippen LogP contribution in [0.3, 0.4) is 0 Å². The number of allylic oxidation sites excluding steroid dienone is 1. The standard InChI is InChI=1S/C11H14.C3H8.V/c1-8(2)11-6-9(3)5-10(4)7-11;1-3-2;/h5-7H,1H2,2-4H3;3H2,1-2H3;. The van der Waals surface area contributed by atoms with Gasteiger partial charge in [-0.05, 0) is 26.3 Å². The van der Waals surface area contributed by atoms with Crippen molar-refractivity contribution < 1.29 is 18.6 Å². The van der Waals surface area contributed by atoms with Gasteiger partial charge in [0, 0.05) is 18.6 Å². The number of rotatable bonds is 1. The number of aryl methyl sites for hydroxylation is 2. The Balaban J connectivity index is 0. The van der Waals surface area contributed by atoms with Gasteiger partial charge in [0.05, 0.1) is 0 Å².